The van der Waals surface area contributed by atoms with Gasteiger partial charge in [0.1, 0.15) is 0 Å². The zero-order valence-corrected chi connectivity index (χ0v) is 10.4. The molecule has 1 amide bonds. The average molecular weight is 236 g/mol. The summed E-state index contributed by atoms with van der Waals surface area (Å²) in [7, 11) is 1.63. The Morgan fingerprint density at radius 3 is 2.88 bits per heavy atom. The van der Waals surface area contributed by atoms with E-state index < -0.39 is 0 Å². The molecule has 0 saturated heterocycles. The van der Waals surface area contributed by atoms with E-state index in [1.807, 2.05) is 25.1 Å². The van der Waals surface area contributed by atoms with E-state index in [1.54, 1.807) is 13.2 Å². The molecule has 4 heteroatoms. The lowest BCUT2D eigenvalue weighted by Crippen LogP contribution is -2.37. The summed E-state index contributed by atoms with van der Waals surface area (Å²) in [4.78, 5) is 11.9. The van der Waals surface area contributed by atoms with Crippen molar-refractivity contribution in [3.05, 3.63) is 35.4 Å². The quantitative estimate of drug-likeness (QED) is 0.782. The van der Waals surface area contributed by atoms with Crippen LogP contribution in [0.1, 0.15) is 29.3 Å². The number of hydrogen-bond acceptors (Lipinski definition) is 3. The molecule has 0 aliphatic carbocycles. The number of nitrogens with two attached hydrogens (primary N) is 1. The smallest absolute Gasteiger partial charge is 0.251 e. The second-order valence-electron chi connectivity index (χ2n) is 3.94. The highest BCUT2D eigenvalue weighted by Crippen LogP contribution is 2.05. The van der Waals surface area contributed by atoms with Crippen LogP contribution < -0.4 is 11.1 Å². The minimum absolute atomic E-state index is 0.0500. The first-order valence-electron chi connectivity index (χ1n) is 5.80. The molecule has 1 atom stereocenters. The summed E-state index contributed by atoms with van der Waals surface area (Å²) in [5.41, 5.74) is 7.14. The van der Waals surface area contributed by atoms with Crippen LogP contribution in [-0.2, 0) is 11.3 Å². The SMILES string of the molecule is CCC(COC)NC(=O)c1cccc(CN)c1. The fourth-order valence-corrected chi connectivity index (χ4v) is 1.57. The molecule has 0 fully saturated rings. The maximum atomic E-state index is 11.9. The van der Waals surface area contributed by atoms with Crippen molar-refractivity contribution in [1.82, 2.24) is 5.32 Å². The van der Waals surface area contributed by atoms with Gasteiger partial charge in [-0.05, 0) is 24.1 Å². The maximum absolute atomic E-state index is 11.9. The summed E-state index contributed by atoms with van der Waals surface area (Å²) in [6.45, 7) is 2.98. The lowest BCUT2D eigenvalue weighted by atomic mass is 10.1. The van der Waals surface area contributed by atoms with Gasteiger partial charge in [-0.25, -0.2) is 0 Å². The van der Waals surface area contributed by atoms with Crippen LogP contribution in [0, 0.1) is 0 Å². The molecule has 0 radical (unpaired) electrons. The highest BCUT2D eigenvalue weighted by atomic mass is 16.5. The lowest BCUT2D eigenvalue weighted by molar-refractivity contribution is 0.0894. The molecule has 0 aliphatic heterocycles. The first kappa shape index (κ1) is 13.7. The molecule has 0 aromatic heterocycles. The highest BCUT2D eigenvalue weighted by molar-refractivity contribution is 5.94. The normalized spacial score (nSPS) is 12.2. The van der Waals surface area contributed by atoms with Gasteiger partial charge in [-0.1, -0.05) is 19.1 Å². The Bertz CT molecular complexity index is 366. The Kier molecular flexibility index (Phi) is 5.66. The van der Waals surface area contributed by atoms with E-state index in [2.05, 4.69) is 5.32 Å². The Hall–Kier alpha value is -1.39. The molecule has 0 heterocycles. The Balaban J connectivity index is 2.68. The molecule has 1 unspecified atom stereocenters. The Morgan fingerprint density at radius 1 is 1.53 bits per heavy atom. The van der Waals surface area contributed by atoms with Gasteiger partial charge in [0.25, 0.3) is 5.91 Å². The van der Waals surface area contributed by atoms with Crippen molar-refractivity contribution >= 4 is 5.91 Å². The van der Waals surface area contributed by atoms with E-state index in [1.165, 1.54) is 0 Å². The zero-order valence-electron chi connectivity index (χ0n) is 10.4. The van der Waals surface area contributed by atoms with Gasteiger partial charge < -0.3 is 15.8 Å². The van der Waals surface area contributed by atoms with Crippen LogP contribution >= 0.6 is 0 Å². The monoisotopic (exact) mass is 236 g/mol. The molecule has 0 spiro atoms. The summed E-state index contributed by atoms with van der Waals surface area (Å²) >= 11 is 0. The second kappa shape index (κ2) is 7.04. The van der Waals surface area contributed by atoms with Gasteiger partial charge in [0.2, 0.25) is 0 Å². The summed E-state index contributed by atoms with van der Waals surface area (Å²) < 4.78 is 5.04. The summed E-state index contributed by atoms with van der Waals surface area (Å²) in [5, 5.41) is 2.93. The second-order valence-corrected chi connectivity index (χ2v) is 3.94. The van der Waals surface area contributed by atoms with E-state index in [-0.39, 0.29) is 11.9 Å². The van der Waals surface area contributed by atoms with Crippen LogP contribution in [-0.4, -0.2) is 25.7 Å². The predicted octanol–water partition coefficient (Wildman–Crippen LogP) is 1.30. The minimum atomic E-state index is -0.0794. The third kappa shape index (κ3) is 4.17. The standard InChI is InChI=1S/C13H20N2O2/c1-3-12(9-17-2)15-13(16)11-6-4-5-10(7-11)8-14/h4-7,12H,3,8-9,14H2,1-2H3,(H,15,16). The van der Waals surface area contributed by atoms with Gasteiger partial charge in [0, 0.05) is 19.2 Å². The van der Waals surface area contributed by atoms with Crippen LogP contribution in [0.4, 0.5) is 0 Å². The van der Waals surface area contributed by atoms with Crippen molar-refractivity contribution in [2.45, 2.75) is 25.9 Å². The summed E-state index contributed by atoms with van der Waals surface area (Å²) in [6.07, 6.45) is 0.843. The van der Waals surface area contributed by atoms with Gasteiger partial charge in [-0.15, -0.1) is 0 Å². The molecule has 0 saturated carbocycles. The first-order valence-corrected chi connectivity index (χ1v) is 5.80. The number of benzene rings is 1. The first-order chi connectivity index (χ1) is 8.21. The van der Waals surface area contributed by atoms with Gasteiger partial charge in [0.15, 0.2) is 0 Å². The van der Waals surface area contributed by atoms with Crippen molar-refractivity contribution in [3.63, 3.8) is 0 Å². The number of hydrogen-bond donors (Lipinski definition) is 2. The van der Waals surface area contributed by atoms with Crippen LogP contribution in [0.3, 0.4) is 0 Å². The molecule has 1 aromatic carbocycles. The summed E-state index contributed by atoms with van der Waals surface area (Å²) in [5.74, 6) is -0.0794. The predicted molar refractivity (Wildman–Crippen MR) is 67.8 cm³/mol. The Morgan fingerprint density at radius 2 is 2.29 bits per heavy atom. The van der Waals surface area contributed by atoms with E-state index in [0.29, 0.717) is 18.7 Å². The number of nitrogens with one attached hydrogen (secondary N) is 1. The van der Waals surface area contributed by atoms with E-state index in [0.717, 1.165) is 12.0 Å². The van der Waals surface area contributed by atoms with Gasteiger partial charge in [0.05, 0.1) is 12.6 Å². The van der Waals surface area contributed by atoms with E-state index >= 15 is 0 Å². The summed E-state index contributed by atoms with van der Waals surface area (Å²) in [6, 6.07) is 7.40. The fourth-order valence-electron chi connectivity index (χ4n) is 1.57. The molecule has 0 aliphatic rings. The van der Waals surface area contributed by atoms with Crippen molar-refractivity contribution in [2.75, 3.05) is 13.7 Å². The van der Waals surface area contributed by atoms with Crippen LogP contribution in [0.15, 0.2) is 24.3 Å². The fraction of sp³-hybridized carbons (Fsp3) is 0.462. The van der Waals surface area contributed by atoms with Crippen LogP contribution in [0.2, 0.25) is 0 Å². The number of carbonyl (C=O) groups excluding carboxylic acids is 1. The zero-order chi connectivity index (χ0) is 12.7. The molecule has 3 N–H and O–H groups in total. The van der Waals surface area contributed by atoms with Crippen molar-refractivity contribution in [1.29, 1.82) is 0 Å². The maximum Gasteiger partial charge on any atom is 0.251 e. The van der Waals surface area contributed by atoms with Crippen molar-refractivity contribution < 1.29 is 9.53 Å². The topological polar surface area (TPSA) is 64.3 Å². The molecule has 94 valence electrons. The number of amides is 1. The molecule has 0 bridgehead atoms. The van der Waals surface area contributed by atoms with Gasteiger partial charge in [-0.3, -0.25) is 4.79 Å². The highest BCUT2D eigenvalue weighted by Gasteiger charge is 2.11. The molecule has 1 aromatic rings. The number of methoxy groups -OCH3 is 1. The van der Waals surface area contributed by atoms with Crippen molar-refractivity contribution in [3.8, 4) is 0 Å². The third-order valence-electron chi connectivity index (χ3n) is 2.62. The van der Waals surface area contributed by atoms with Gasteiger partial charge in [-0.2, -0.15) is 0 Å². The molecule has 1 rings (SSSR count). The molecule has 4 nitrogen and oxygen atoms in total. The van der Waals surface area contributed by atoms with Crippen LogP contribution in [0.25, 0.3) is 0 Å². The van der Waals surface area contributed by atoms with Gasteiger partial charge >= 0.3 is 0 Å². The molecule has 17 heavy (non-hydrogen) atoms. The average Bonchev–Trinajstić information content (AvgIpc) is 2.38. The van der Waals surface area contributed by atoms with Crippen molar-refractivity contribution in [2.24, 2.45) is 5.73 Å². The molecular weight excluding hydrogens is 216 g/mol. The number of carbonyl (C=O) groups is 1. The lowest BCUT2D eigenvalue weighted by Gasteiger charge is -2.16. The van der Waals surface area contributed by atoms with E-state index in [4.69, 9.17) is 10.5 Å². The van der Waals surface area contributed by atoms with Crippen LogP contribution in [0.5, 0.6) is 0 Å². The Labute approximate surface area is 102 Å². The largest absolute Gasteiger partial charge is 0.383 e. The minimum Gasteiger partial charge on any atom is -0.383 e. The van der Waals surface area contributed by atoms with E-state index in [9.17, 15) is 4.79 Å². The molecular formula is C13H20N2O2. The third-order valence-corrected chi connectivity index (χ3v) is 2.62. The number of ether oxygens (including phenoxy) is 1. The number of rotatable bonds is 6.